The number of halogens is 2. The maximum atomic E-state index is 11.9. The third-order valence-corrected chi connectivity index (χ3v) is 1.66. The molecule has 0 fully saturated rings. The van der Waals surface area contributed by atoms with E-state index in [1.165, 1.54) is 6.07 Å². The fourth-order valence-corrected chi connectivity index (χ4v) is 1.02. The second-order valence-electron chi connectivity index (χ2n) is 2.65. The fourth-order valence-electron chi connectivity index (χ4n) is 1.02. The smallest absolute Gasteiger partial charge is 0.387 e. The molecule has 0 atom stereocenters. The summed E-state index contributed by atoms with van der Waals surface area (Å²) >= 11 is 0. The molecule has 1 aromatic carbocycles. The van der Waals surface area contributed by atoms with Crippen LogP contribution in [0.2, 0.25) is 0 Å². The molecule has 0 saturated carbocycles. The van der Waals surface area contributed by atoms with Crippen LogP contribution in [0, 0.1) is 21.4 Å². The summed E-state index contributed by atoms with van der Waals surface area (Å²) < 4.78 is 27.8. The first-order chi connectivity index (χ1) is 7.45. The Morgan fingerprint density at radius 2 is 2.19 bits per heavy atom. The standard InChI is InChI=1S/C8H5F2N3O3/c9-8(10)16-7-1-4(3-11)6(13(14)15)2-5(7)12/h1-2,8H,12H2. The van der Waals surface area contributed by atoms with Crippen molar-refractivity contribution in [2.24, 2.45) is 0 Å². The number of hydrogen-bond acceptors (Lipinski definition) is 5. The summed E-state index contributed by atoms with van der Waals surface area (Å²) in [6.45, 7) is -3.12. The molecule has 0 aliphatic rings. The van der Waals surface area contributed by atoms with Crippen molar-refractivity contribution < 1.29 is 18.4 Å². The summed E-state index contributed by atoms with van der Waals surface area (Å²) in [4.78, 5) is 9.64. The van der Waals surface area contributed by atoms with Gasteiger partial charge in [-0.2, -0.15) is 14.0 Å². The van der Waals surface area contributed by atoms with E-state index in [1.54, 1.807) is 0 Å². The van der Waals surface area contributed by atoms with Crippen LogP contribution >= 0.6 is 0 Å². The molecule has 0 amide bonds. The van der Waals surface area contributed by atoms with E-state index in [9.17, 15) is 18.9 Å². The summed E-state index contributed by atoms with van der Waals surface area (Å²) in [7, 11) is 0. The molecule has 0 radical (unpaired) electrons. The Kier molecular flexibility index (Phi) is 3.20. The van der Waals surface area contributed by atoms with Crippen LogP contribution in [-0.2, 0) is 0 Å². The molecule has 0 aliphatic carbocycles. The average molecular weight is 229 g/mol. The van der Waals surface area contributed by atoms with E-state index in [0.29, 0.717) is 0 Å². The Morgan fingerprint density at radius 1 is 1.56 bits per heavy atom. The van der Waals surface area contributed by atoms with E-state index >= 15 is 0 Å². The van der Waals surface area contributed by atoms with Crippen molar-refractivity contribution in [3.8, 4) is 11.8 Å². The zero-order chi connectivity index (χ0) is 12.3. The second kappa shape index (κ2) is 4.39. The molecule has 16 heavy (non-hydrogen) atoms. The Labute approximate surface area is 88.0 Å². The highest BCUT2D eigenvalue weighted by Gasteiger charge is 2.19. The molecule has 2 N–H and O–H groups in total. The van der Waals surface area contributed by atoms with E-state index in [4.69, 9.17) is 11.0 Å². The first-order valence-corrected chi connectivity index (χ1v) is 3.88. The monoisotopic (exact) mass is 229 g/mol. The number of hydrogen-bond donors (Lipinski definition) is 1. The molecular weight excluding hydrogens is 224 g/mol. The number of nitriles is 1. The van der Waals surface area contributed by atoms with Crippen LogP contribution in [0.3, 0.4) is 0 Å². The molecule has 0 bridgehead atoms. The van der Waals surface area contributed by atoms with Crippen molar-refractivity contribution in [2.45, 2.75) is 6.61 Å². The predicted octanol–water partition coefficient (Wildman–Crippen LogP) is 1.65. The Hall–Kier alpha value is -2.43. The number of nitrogen functional groups attached to an aromatic ring is 1. The van der Waals surface area contributed by atoms with Gasteiger partial charge in [0.1, 0.15) is 11.6 Å². The maximum absolute atomic E-state index is 11.9. The average Bonchev–Trinajstić information content (AvgIpc) is 2.19. The lowest BCUT2D eigenvalue weighted by Crippen LogP contribution is -2.05. The van der Waals surface area contributed by atoms with Crippen molar-refractivity contribution in [3.63, 3.8) is 0 Å². The number of nitrogens with two attached hydrogens (primary N) is 1. The summed E-state index contributed by atoms with van der Waals surface area (Å²) in [5.74, 6) is -0.461. The highest BCUT2D eigenvalue weighted by atomic mass is 19.3. The molecular formula is C8H5F2N3O3. The van der Waals surface area contributed by atoms with E-state index in [-0.39, 0.29) is 5.69 Å². The molecule has 0 heterocycles. The van der Waals surface area contributed by atoms with Gasteiger partial charge in [-0.15, -0.1) is 0 Å². The lowest BCUT2D eigenvalue weighted by Gasteiger charge is -2.07. The molecule has 0 unspecified atom stereocenters. The number of rotatable bonds is 3. The number of anilines is 1. The molecule has 6 nitrogen and oxygen atoms in total. The minimum absolute atomic E-state index is 0.328. The van der Waals surface area contributed by atoms with Gasteiger partial charge in [-0.05, 0) is 0 Å². The van der Waals surface area contributed by atoms with Crippen molar-refractivity contribution in [1.29, 1.82) is 5.26 Å². The largest absolute Gasteiger partial charge is 0.433 e. The van der Waals surface area contributed by atoms with Gasteiger partial charge in [-0.3, -0.25) is 10.1 Å². The minimum Gasteiger partial charge on any atom is -0.433 e. The van der Waals surface area contributed by atoms with E-state index in [1.807, 2.05) is 0 Å². The van der Waals surface area contributed by atoms with Gasteiger partial charge in [-0.25, -0.2) is 0 Å². The van der Waals surface area contributed by atoms with Gasteiger partial charge < -0.3 is 10.5 Å². The Balaban J connectivity index is 3.27. The molecule has 0 aliphatic heterocycles. The summed E-state index contributed by atoms with van der Waals surface area (Å²) in [5.41, 5.74) is 3.98. The molecule has 1 aromatic rings. The van der Waals surface area contributed by atoms with Crippen molar-refractivity contribution >= 4 is 11.4 Å². The summed E-state index contributed by atoms with van der Waals surface area (Å²) in [6, 6.07) is 3.10. The van der Waals surface area contributed by atoms with Crippen molar-refractivity contribution in [3.05, 3.63) is 27.8 Å². The number of alkyl halides is 2. The highest BCUT2D eigenvalue weighted by molar-refractivity contribution is 5.65. The molecule has 0 saturated heterocycles. The lowest BCUT2D eigenvalue weighted by molar-refractivity contribution is -0.385. The topological polar surface area (TPSA) is 102 Å². The third kappa shape index (κ3) is 2.33. The van der Waals surface area contributed by atoms with Gasteiger partial charge in [-0.1, -0.05) is 0 Å². The number of nitro groups is 1. The number of benzene rings is 1. The number of ether oxygens (including phenoxy) is 1. The van der Waals surface area contributed by atoms with Gasteiger partial charge in [0.05, 0.1) is 10.6 Å². The number of nitro benzene ring substituents is 1. The maximum Gasteiger partial charge on any atom is 0.387 e. The van der Waals surface area contributed by atoms with Crippen LogP contribution < -0.4 is 10.5 Å². The minimum atomic E-state index is -3.12. The normalized spacial score (nSPS) is 9.88. The van der Waals surface area contributed by atoms with Crippen LogP contribution in [0.4, 0.5) is 20.2 Å². The first kappa shape index (κ1) is 11.6. The molecule has 1 rings (SSSR count). The van der Waals surface area contributed by atoms with E-state index in [2.05, 4.69) is 4.74 Å². The van der Waals surface area contributed by atoms with Crippen molar-refractivity contribution in [2.75, 3.05) is 5.73 Å². The zero-order valence-electron chi connectivity index (χ0n) is 7.68. The summed E-state index contributed by atoms with van der Waals surface area (Å²) in [5, 5.41) is 19.1. The number of nitrogens with zero attached hydrogens (tertiary/aromatic N) is 2. The van der Waals surface area contributed by atoms with E-state index in [0.717, 1.165) is 12.1 Å². The fraction of sp³-hybridized carbons (Fsp3) is 0.125. The lowest BCUT2D eigenvalue weighted by atomic mass is 10.1. The zero-order valence-corrected chi connectivity index (χ0v) is 7.68. The SMILES string of the molecule is N#Cc1cc(OC(F)F)c(N)cc1[N+](=O)[O-]. The molecule has 0 spiro atoms. The summed E-state index contributed by atoms with van der Waals surface area (Å²) in [6.07, 6.45) is 0. The van der Waals surface area contributed by atoms with Gasteiger partial charge in [0.15, 0.2) is 5.75 Å². The molecule has 0 aromatic heterocycles. The second-order valence-corrected chi connectivity index (χ2v) is 2.65. The highest BCUT2D eigenvalue weighted by Crippen LogP contribution is 2.31. The van der Waals surface area contributed by atoms with Gasteiger partial charge in [0.25, 0.3) is 5.69 Å². The third-order valence-electron chi connectivity index (χ3n) is 1.66. The van der Waals surface area contributed by atoms with Crippen LogP contribution in [0.25, 0.3) is 0 Å². The van der Waals surface area contributed by atoms with Crippen LogP contribution in [0.5, 0.6) is 5.75 Å². The van der Waals surface area contributed by atoms with Gasteiger partial charge >= 0.3 is 6.61 Å². The molecule has 8 heteroatoms. The first-order valence-electron chi connectivity index (χ1n) is 3.88. The van der Waals surface area contributed by atoms with Gasteiger partial charge in [0, 0.05) is 12.1 Å². The van der Waals surface area contributed by atoms with E-state index < -0.39 is 28.5 Å². The predicted molar refractivity (Wildman–Crippen MR) is 48.9 cm³/mol. The molecule has 84 valence electrons. The Morgan fingerprint density at radius 3 is 2.62 bits per heavy atom. The van der Waals surface area contributed by atoms with Crippen molar-refractivity contribution in [1.82, 2.24) is 0 Å². The van der Waals surface area contributed by atoms with Crippen LogP contribution in [0.1, 0.15) is 5.56 Å². The quantitative estimate of drug-likeness (QED) is 0.482. The van der Waals surface area contributed by atoms with Gasteiger partial charge in [0.2, 0.25) is 0 Å². The van der Waals surface area contributed by atoms with Crippen LogP contribution in [-0.4, -0.2) is 11.5 Å². The Bertz CT molecular complexity index is 470. The van der Waals surface area contributed by atoms with Crippen LogP contribution in [0.15, 0.2) is 12.1 Å².